The lowest BCUT2D eigenvalue weighted by atomic mass is 10.3. The van der Waals surface area contributed by atoms with Gasteiger partial charge in [-0.1, -0.05) is 0 Å². The third kappa shape index (κ3) is 3.77. The van der Waals surface area contributed by atoms with Gasteiger partial charge >= 0.3 is 5.97 Å². The summed E-state index contributed by atoms with van der Waals surface area (Å²) in [7, 11) is 1.71. The van der Waals surface area contributed by atoms with Crippen LogP contribution in [0.3, 0.4) is 0 Å². The topological polar surface area (TPSA) is 73.2 Å². The smallest absolute Gasteiger partial charge is 0.329 e. The van der Waals surface area contributed by atoms with E-state index in [1.807, 2.05) is 0 Å². The van der Waals surface area contributed by atoms with Crippen LogP contribution in [0, 0.1) is 0 Å². The van der Waals surface area contributed by atoms with Crippen molar-refractivity contribution in [2.75, 3.05) is 12.4 Å². The molecule has 0 saturated carbocycles. The molecular formula is C10H15N3O3S. The number of hydrogen-bond donors (Lipinski definition) is 2. The Bertz CT molecular complexity index is 405. The van der Waals surface area contributed by atoms with Crippen molar-refractivity contribution >= 4 is 24.5 Å². The second-order valence-corrected chi connectivity index (χ2v) is 3.70. The van der Waals surface area contributed by atoms with Crippen molar-refractivity contribution in [1.29, 1.82) is 0 Å². The van der Waals surface area contributed by atoms with E-state index in [2.05, 4.69) is 23.0 Å². The average molecular weight is 257 g/mol. The molecule has 0 aliphatic carbocycles. The van der Waals surface area contributed by atoms with Crippen molar-refractivity contribution in [2.24, 2.45) is 7.05 Å². The van der Waals surface area contributed by atoms with E-state index < -0.39 is 17.9 Å². The minimum Gasteiger partial charge on any atom is -0.464 e. The highest BCUT2D eigenvalue weighted by atomic mass is 32.1. The summed E-state index contributed by atoms with van der Waals surface area (Å²) in [6, 6.07) is 0.809. The number of thiol groups is 1. The van der Waals surface area contributed by atoms with Crippen LogP contribution in [0.4, 0.5) is 0 Å². The first kappa shape index (κ1) is 13.6. The molecule has 0 aliphatic rings. The maximum atomic E-state index is 11.7. The highest BCUT2D eigenvalue weighted by Crippen LogP contribution is 1.98. The molecule has 0 spiro atoms. The van der Waals surface area contributed by atoms with E-state index in [0.717, 1.165) is 0 Å². The van der Waals surface area contributed by atoms with Crippen LogP contribution in [0.1, 0.15) is 17.4 Å². The molecule has 0 radical (unpaired) electrons. The quantitative estimate of drug-likeness (QED) is 0.576. The molecule has 0 unspecified atom stereocenters. The van der Waals surface area contributed by atoms with Crippen molar-refractivity contribution in [3.05, 3.63) is 18.0 Å². The van der Waals surface area contributed by atoms with Gasteiger partial charge in [-0.05, 0) is 13.0 Å². The van der Waals surface area contributed by atoms with Crippen LogP contribution in [-0.2, 0) is 16.6 Å². The van der Waals surface area contributed by atoms with E-state index >= 15 is 0 Å². The van der Waals surface area contributed by atoms with Gasteiger partial charge in [-0.2, -0.15) is 17.7 Å². The first-order valence-corrected chi connectivity index (χ1v) is 5.79. The molecule has 0 bridgehead atoms. The number of carbonyl (C=O) groups is 2. The van der Waals surface area contributed by atoms with Gasteiger partial charge in [0.25, 0.3) is 5.91 Å². The van der Waals surface area contributed by atoms with Gasteiger partial charge in [0.2, 0.25) is 0 Å². The Morgan fingerprint density at radius 3 is 2.82 bits per heavy atom. The minimum absolute atomic E-state index is 0.178. The predicted molar refractivity (Wildman–Crippen MR) is 64.9 cm³/mol. The fraction of sp³-hybridized carbons (Fsp3) is 0.500. The Hall–Kier alpha value is -1.50. The van der Waals surface area contributed by atoms with E-state index in [1.54, 1.807) is 26.2 Å². The molecule has 17 heavy (non-hydrogen) atoms. The molecule has 0 aromatic carbocycles. The van der Waals surface area contributed by atoms with Crippen molar-refractivity contribution in [3.63, 3.8) is 0 Å². The summed E-state index contributed by atoms with van der Waals surface area (Å²) in [5, 5.41) is 6.45. The monoisotopic (exact) mass is 257 g/mol. The van der Waals surface area contributed by atoms with Gasteiger partial charge in [-0.25, -0.2) is 4.79 Å². The predicted octanol–water partition coefficient (Wildman–Crippen LogP) is 0.0114. The zero-order valence-electron chi connectivity index (χ0n) is 9.71. The molecule has 6 nitrogen and oxygen atoms in total. The number of aryl methyl sites for hydroxylation is 1. The van der Waals surface area contributed by atoms with Gasteiger partial charge in [0.05, 0.1) is 6.61 Å². The van der Waals surface area contributed by atoms with Gasteiger partial charge in [0.1, 0.15) is 11.7 Å². The van der Waals surface area contributed by atoms with Gasteiger partial charge in [0.15, 0.2) is 0 Å². The second kappa shape index (κ2) is 6.29. The Labute approximate surface area is 105 Å². The van der Waals surface area contributed by atoms with Crippen molar-refractivity contribution < 1.29 is 14.3 Å². The first-order valence-electron chi connectivity index (χ1n) is 5.16. The number of amides is 1. The molecule has 0 aliphatic heterocycles. The highest BCUT2D eigenvalue weighted by molar-refractivity contribution is 7.80. The normalized spacial score (nSPS) is 11.9. The third-order valence-corrected chi connectivity index (χ3v) is 2.37. The SMILES string of the molecule is CCOC(=O)[C@H](CS)NC(=O)c1ccn(C)n1. The lowest BCUT2D eigenvalue weighted by Crippen LogP contribution is -2.43. The number of nitrogens with zero attached hydrogens (tertiary/aromatic N) is 2. The van der Waals surface area contributed by atoms with Crippen LogP contribution in [-0.4, -0.2) is 40.1 Å². The van der Waals surface area contributed by atoms with Crippen LogP contribution in [0.5, 0.6) is 0 Å². The molecule has 1 atom stereocenters. The number of carbonyl (C=O) groups excluding carboxylic acids is 2. The molecule has 1 aromatic rings. The van der Waals surface area contributed by atoms with E-state index in [1.165, 1.54) is 4.68 Å². The molecule has 0 saturated heterocycles. The number of ether oxygens (including phenoxy) is 1. The summed E-state index contributed by atoms with van der Waals surface area (Å²) in [5.74, 6) is -0.735. The van der Waals surface area contributed by atoms with Crippen LogP contribution in [0.2, 0.25) is 0 Å². The molecule has 1 amide bonds. The lowest BCUT2D eigenvalue weighted by Gasteiger charge is -2.13. The highest BCUT2D eigenvalue weighted by Gasteiger charge is 2.21. The van der Waals surface area contributed by atoms with Crippen LogP contribution >= 0.6 is 12.6 Å². The molecule has 7 heteroatoms. The largest absolute Gasteiger partial charge is 0.464 e. The maximum Gasteiger partial charge on any atom is 0.329 e. The first-order chi connectivity index (χ1) is 8.08. The zero-order chi connectivity index (χ0) is 12.8. The van der Waals surface area contributed by atoms with E-state index in [0.29, 0.717) is 0 Å². The molecule has 94 valence electrons. The van der Waals surface area contributed by atoms with Gasteiger partial charge < -0.3 is 10.1 Å². The van der Waals surface area contributed by atoms with Crippen molar-refractivity contribution in [1.82, 2.24) is 15.1 Å². The molecular weight excluding hydrogens is 242 g/mol. The Kier molecular flexibility index (Phi) is 5.02. The maximum absolute atomic E-state index is 11.7. The molecule has 1 heterocycles. The van der Waals surface area contributed by atoms with E-state index in [9.17, 15) is 9.59 Å². The Morgan fingerprint density at radius 2 is 2.35 bits per heavy atom. The second-order valence-electron chi connectivity index (χ2n) is 3.34. The van der Waals surface area contributed by atoms with Gasteiger partial charge in [-0.3, -0.25) is 9.48 Å². The summed E-state index contributed by atoms with van der Waals surface area (Å²) < 4.78 is 6.32. The van der Waals surface area contributed by atoms with Crippen molar-refractivity contribution in [3.8, 4) is 0 Å². The van der Waals surface area contributed by atoms with E-state index in [-0.39, 0.29) is 18.1 Å². The summed E-state index contributed by atoms with van der Waals surface area (Å²) in [5.41, 5.74) is 0.253. The number of esters is 1. The van der Waals surface area contributed by atoms with Crippen LogP contribution in [0.25, 0.3) is 0 Å². The fourth-order valence-corrected chi connectivity index (χ4v) is 1.43. The minimum atomic E-state index is -0.757. The van der Waals surface area contributed by atoms with Gasteiger partial charge in [0, 0.05) is 19.0 Å². The Balaban J connectivity index is 2.62. The van der Waals surface area contributed by atoms with Crippen LogP contribution in [0.15, 0.2) is 12.3 Å². The molecule has 1 rings (SSSR count). The third-order valence-electron chi connectivity index (χ3n) is 2.01. The van der Waals surface area contributed by atoms with Crippen LogP contribution < -0.4 is 5.32 Å². The zero-order valence-corrected chi connectivity index (χ0v) is 10.6. The van der Waals surface area contributed by atoms with Gasteiger partial charge in [-0.15, -0.1) is 0 Å². The summed E-state index contributed by atoms with van der Waals surface area (Å²) in [4.78, 5) is 23.1. The Morgan fingerprint density at radius 1 is 1.65 bits per heavy atom. The number of aromatic nitrogens is 2. The van der Waals surface area contributed by atoms with E-state index in [4.69, 9.17) is 4.74 Å². The standard InChI is InChI=1S/C10H15N3O3S/c1-3-16-10(15)8(6-17)11-9(14)7-4-5-13(2)12-7/h4-5,8,17H,3,6H2,1-2H3,(H,11,14)/t8-/m0/s1. The number of nitrogens with one attached hydrogen (secondary N) is 1. The summed E-state index contributed by atoms with van der Waals surface area (Å²) in [6.45, 7) is 1.97. The average Bonchev–Trinajstić information content (AvgIpc) is 2.72. The lowest BCUT2D eigenvalue weighted by molar-refractivity contribution is -0.144. The molecule has 1 N–H and O–H groups in total. The fourth-order valence-electron chi connectivity index (χ4n) is 1.19. The summed E-state index contributed by atoms with van der Waals surface area (Å²) in [6.07, 6.45) is 1.65. The number of rotatable bonds is 5. The van der Waals surface area contributed by atoms with Crippen molar-refractivity contribution in [2.45, 2.75) is 13.0 Å². The number of hydrogen-bond acceptors (Lipinski definition) is 5. The molecule has 1 aromatic heterocycles. The summed E-state index contributed by atoms with van der Waals surface area (Å²) >= 11 is 4.00. The molecule has 0 fully saturated rings.